The van der Waals surface area contributed by atoms with Gasteiger partial charge in [0.05, 0.1) is 18.3 Å². The van der Waals surface area contributed by atoms with Crippen LogP contribution < -0.4 is 10.1 Å². The number of ether oxygens (including phenoxy) is 1. The summed E-state index contributed by atoms with van der Waals surface area (Å²) in [4.78, 5) is 4.48. The third kappa shape index (κ3) is 2.79. The first kappa shape index (κ1) is 14.3. The molecule has 0 saturated heterocycles. The van der Waals surface area contributed by atoms with Gasteiger partial charge >= 0.3 is 0 Å². The summed E-state index contributed by atoms with van der Waals surface area (Å²) < 4.78 is 5.44. The number of benzene rings is 2. The molecule has 2 heterocycles. The van der Waals surface area contributed by atoms with Crippen molar-refractivity contribution in [2.75, 3.05) is 11.9 Å². The molecule has 3 N–H and O–H groups in total. The molecule has 2 aromatic carbocycles. The molecule has 0 aliphatic carbocycles. The quantitative estimate of drug-likeness (QED) is 0.523. The first-order chi connectivity index (χ1) is 11.8. The van der Waals surface area contributed by atoms with Crippen LogP contribution in [0.1, 0.15) is 6.92 Å². The second-order valence-electron chi connectivity index (χ2n) is 5.26. The number of anilines is 2. The minimum atomic E-state index is 0.515. The number of aromatic nitrogens is 5. The van der Waals surface area contributed by atoms with Gasteiger partial charge in [-0.3, -0.25) is 10.2 Å². The van der Waals surface area contributed by atoms with Gasteiger partial charge in [0.25, 0.3) is 0 Å². The Morgan fingerprint density at radius 1 is 1.08 bits per heavy atom. The van der Waals surface area contributed by atoms with E-state index in [2.05, 4.69) is 30.7 Å². The van der Waals surface area contributed by atoms with Crippen molar-refractivity contribution >= 4 is 22.5 Å². The molecular weight excluding hydrogens is 304 g/mol. The zero-order valence-corrected chi connectivity index (χ0v) is 13.1. The first-order valence-corrected chi connectivity index (χ1v) is 7.67. The van der Waals surface area contributed by atoms with E-state index in [0.29, 0.717) is 18.4 Å². The highest BCUT2D eigenvalue weighted by Gasteiger charge is 2.07. The molecule has 0 aliphatic heterocycles. The van der Waals surface area contributed by atoms with Gasteiger partial charge in [-0.15, -0.1) is 5.10 Å². The van der Waals surface area contributed by atoms with Gasteiger partial charge in [0, 0.05) is 16.6 Å². The molecule has 0 aliphatic rings. The summed E-state index contributed by atoms with van der Waals surface area (Å²) in [5.74, 6) is 2.05. The number of hydrogen-bond donors (Lipinski definition) is 3. The van der Waals surface area contributed by atoms with Crippen molar-refractivity contribution in [3.05, 3.63) is 48.7 Å². The smallest absolute Gasteiger partial charge is 0.246 e. The van der Waals surface area contributed by atoms with Crippen molar-refractivity contribution in [2.45, 2.75) is 6.92 Å². The number of nitrogens with zero attached hydrogens (tertiary/aromatic N) is 3. The summed E-state index contributed by atoms with van der Waals surface area (Å²) in [7, 11) is 0. The topological polar surface area (TPSA) is 91.5 Å². The third-order valence-corrected chi connectivity index (χ3v) is 3.62. The Morgan fingerprint density at radius 2 is 1.96 bits per heavy atom. The van der Waals surface area contributed by atoms with E-state index in [9.17, 15) is 0 Å². The molecule has 120 valence electrons. The predicted octanol–water partition coefficient (Wildman–Crippen LogP) is 3.49. The van der Waals surface area contributed by atoms with E-state index in [1.54, 1.807) is 6.20 Å². The number of fused-ring (bicyclic) bond motifs is 1. The molecule has 0 radical (unpaired) electrons. The molecule has 0 bridgehead atoms. The summed E-state index contributed by atoms with van der Waals surface area (Å²) >= 11 is 0. The van der Waals surface area contributed by atoms with E-state index in [0.717, 1.165) is 27.9 Å². The van der Waals surface area contributed by atoms with Gasteiger partial charge in [-0.25, -0.2) is 0 Å². The van der Waals surface area contributed by atoms with Crippen molar-refractivity contribution in [1.29, 1.82) is 0 Å². The second-order valence-corrected chi connectivity index (χ2v) is 5.26. The largest absolute Gasteiger partial charge is 0.494 e. The summed E-state index contributed by atoms with van der Waals surface area (Å²) in [6.07, 6.45) is 1.78. The predicted molar refractivity (Wildman–Crippen MR) is 92.4 cm³/mol. The molecule has 0 fully saturated rings. The summed E-state index contributed by atoms with van der Waals surface area (Å²) in [6, 6.07) is 13.6. The lowest BCUT2D eigenvalue weighted by molar-refractivity contribution is 0.340. The van der Waals surface area contributed by atoms with Gasteiger partial charge in [-0.1, -0.05) is 0 Å². The zero-order valence-electron chi connectivity index (χ0n) is 13.1. The molecule has 4 aromatic rings. The lowest BCUT2D eigenvalue weighted by atomic mass is 10.2. The monoisotopic (exact) mass is 320 g/mol. The normalized spacial score (nSPS) is 10.9. The summed E-state index contributed by atoms with van der Waals surface area (Å²) in [5, 5.41) is 18.3. The molecule has 0 unspecified atom stereocenters. The Morgan fingerprint density at radius 3 is 2.79 bits per heavy atom. The Balaban J connectivity index is 1.53. The average molecular weight is 320 g/mol. The molecule has 7 nitrogen and oxygen atoms in total. The van der Waals surface area contributed by atoms with Gasteiger partial charge in [0.15, 0.2) is 5.82 Å². The van der Waals surface area contributed by atoms with E-state index < -0.39 is 0 Å². The van der Waals surface area contributed by atoms with E-state index in [4.69, 9.17) is 4.74 Å². The van der Waals surface area contributed by atoms with Gasteiger partial charge < -0.3 is 10.1 Å². The third-order valence-electron chi connectivity index (χ3n) is 3.62. The van der Waals surface area contributed by atoms with Gasteiger partial charge in [-0.2, -0.15) is 10.1 Å². The van der Waals surface area contributed by atoms with Crippen LogP contribution in [0, 0.1) is 0 Å². The molecular formula is C17H16N6O. The van der Waals surface area contributed by atoms with Crippen molar-refractivity contribution in [1.82, 2.24) is 25.4 Å². The van der Waals surface area contributed by atoms with Crippen LogP contribution in [0.2, 0.25) is 0 Å². The molecule has 0 spiro atoms. The molecule has 2 aromatic heterocycles. The van der Waals surface area contributed by atoms with E-state index in [1.165, 1.54) is 0 Å². The van der Waals surface area contributed by atoms with Crippen LogP contribution in [0.25, 0.3) is 22.3 Å². The molecule has 0 atom stereocenters. The van der Waals surface area contributed by atoms with Crippen LogP contribution in [0.5, 0.6) is 5.75 Å². The van der Waals surface area contributed by atoms with Crippen LogP contribution in [-0.2, 0) is 0 Å². The fourth-order valence-corrected chi connectivity index (χ4v) is 2.47. The van der Waals surface area contributed by atoms with Crippen molar-refractivity contribution in [3.8, 4) is 17.1 Å². The number of aromatic amines is 2. The highest BCUT2D eigenvalue weighted by atomic mass is 16.5. The van der Waals surface area contributed by atoms with E-state index in [1.807, 2.05) is 49.4 Å². The maximum Gasteiger partial charge on any atom is 0.246 e. The minimum Gasteiger partial charge on any atom is -0.494 e. The van der Waals surface area contributed by atoms with Crippen molar-refractivity contribution < 1.29 is 4.74 Å². The molecule has 24 heavy (non-hydrogen) atoms. The maximum atomic E-state index is 5.44. The Hall–Kier alpha value is -3.35. The molecule has 0 amide bonds. The lowest BCUT2D eigenvalue weighted by Gasteiger charge is -2.03. The average Bonchev–Trinajstić information content (AvgIpc) is 3.25. The lowest BCUT2D eigenvalue weighted by Crippen LogP contribution is -1.92. The van der Waals surface area contributed by atoms with Crippen LogP contribution in [0.15, 0.2) is 48.7 Å². The zero-order chi connectivity index (χ0) is 16.4. The number of hydrogen-bond acceptors (Lipinski definition) is 5. The van der Waals surface area contributed by atoms with Crippen molar-refractivity contribution in [3.63, 3.8) is 0 Å². The molecule has 4 rings (SSSR count). The van der Waals surface area contributed by atoms with Crippen LogP contribution in [0.3, 0.4) is 0 Å². The minimum absolute atomic E-state index is 0.515. The SMILES string of the molecule is CCOc1ccc(-c2nc(Nc3ccc4[nH]ncc4c3)n[nH]2)cc1. The van der Waals surface area contributed by atoms with Gasteiger partial charge in [0.2, 0.25) is 5.95 Å². The van der Waals surface area contributed by atoms with Crippen LogP contribution in [0.4, 0.5) is 11.6 Å². The fourth-order valence-electron chi connectivity index (χ4n) is 2.47. The fraction of sp³-hybridized carbons (Fsp3) is 0.118. The van der Waals surface area contributed by atoms with Gasteiger partial charge in [-0.05, 0) is 49.4 Å². The Bertz CT molecular complexity index is 957. The second kappa shape index (κ2) is 6.04. The standard InChI is InChI=1S/C17H16N6O/c1-2-24-14-6-3-11(4-7-14)16-20-17(23-22-16)19-13-5-8-15-12(9-13)10-18-21-15/h3-10H,2H2,1H3,(H,18,21)(H2,19,20,22,23). The number of H-pyrrole nitrogens is 2. The van der Waals surface area contributed by atoms with Gasteiger partial charge in [0.1, 0.15) is 5.75 Å². The first-order valence-electron chi connectivity index (χ1n) is 7.67. The number of nitrogens with one attached hydrogen (secondary N) is 3. The van der Waals surface area contributed by atoms with Crippen LogP contribution >= 0.6 is 0 Å². The summed E-state index contributed by atoms with van der Waals surface area (Å²) in [6.45, 7) is 2.61. The summed E-state index contributed by atoms with van der Waals surface area (Å²) in [5.41, 5.74) is 2.84. The highest BCUT2D eigenvalue weighted by molar-refractivity contribution is 5.82. The maximum absolute atomic E-state index is 5.44. The molecule has 0 saturated carbocycles. The van der Waals surface area contributed by atoms with Crippen molar-refractivity contribution in [2.24, 2.45) is 0 Å². The number of rotatable bonds is 5. The Kier molecular flexibility index (Phi) is 3.59. The van der Waals surface area contributed by atoms with Crippen LogP contribution in [-0.4, -0.2) is 32.0 Å². The Labute approximate surface area is 138 Å². The van der Waals surface area contributed by atoms with E-state index >= 15 is 0 Å². The molecule has 7 heteroatoms. The van der Waals surface area contributed by atoms with E-state index in [-0.39, 0.29) is 0 Å². The highest BCUT2D eigenvalue weighted by Crippen LogP contribution is 2.22.